The van der Waals surface area contributed by atoms with Crippen LogP contribution in [0.25, 0.3) is 16.5 Å². The van der Waals surface area contributed by atoms with E-state index in [-0.39, 0.29) is 10.3 Å². The molecule has 0 amide bonds. The summed E-state index contributed by atoms with van der Waals surface area (Å²) in [5, 5.41) is 11.8. The molecule has 0 radical (unpaired) electrons. The van der Waals surface area contributed by atoms with Crippen molar-refractivity contribution >= 4 is 26.5 Å². The Labute approximate surface area is 171 Å². The van der Waals surface area contributed by atoms with Crippen LogP contribution in [0.1, 0.15) is 49.8 Å². The van der Waals surface area contributed by atoms with Gasteiger partial charge in [0, 0.05) is 22.6 Å². The number of nitrogens with zero attached hydrogens (tertiary/aromatic N) is 1. The van der Waals surface area contributed by atoms with Crippen LogP contribution in [0.3, 0.4) is 0 Å². The van der Waals surface area contributed by atoms with Gasteiger partial charge in [-0.1, -0.05) is 49.2 Å². The maximum Gasteiger partial charge on any atom is 0.268 e. The number of rotatable bonds is 2. The quantitative estimate of drug-likeness (QED) is 0.665. The Bertz CT molecular complexity index is 1280. The fraction of sp³-hybridized carbons (Fsp3) is 0.333. The Morgan fingerprint density at radius 3 is 2.55 bits per heavy atom. The van der Waals surface area contributed by atoms with Crippen molar-refractivity contribution in [1.29, 1.82) is 0 Å². The van der Waals surface area contributed by atoms with Gasteiger partial charge in [-0.2, -0.15) is 0 Å². The van der Waals surface area contributed by atoms with Gasteiger partial charge in [0.1, 0.15) is 0 Å². The van der Waals surface area contributed by atoms with E-state index in [1.54, 1.807) is 18.3 Å². The molecule has 4 nitrogen and oxygen atoms in total. The Morgan fingerprint density at radius 1 is 1.10 bits per heavy atom. The number of hydrogen-bond acceptors (Lipinski definition) is 3. The number of aliphatic hydroxyl groups is 1. The SMILES string of the molecule is Cc1ccc(S(=O)(=O)n2cc3c4c(cccc42)C(C)(C)C2=C3C(O)CCC2)cc1. The van der Waals surface area contributed by atoms with E-state index in [0.29, 0.717) is 11.9 Å². The van der Waals surface area contributed by atoms with Crippen LogP contribution in [0, 0.1) is 6.92 Å². The van der Waals surface area contributed by atoms with Crippen molar-refractivity contribution in [3.63, 3.8) is 0 Å². The highest BCUT2D eigenvalue weighted by molar-refractivity contribution is 7.90. The molecule has 2 aromatic carbocycles. The van der Waals surface area contributed by atoms with E-state index in [0.717, 1.165) is 40.5 Å². The van der Waals surface area contributed by atoms with Crippen molar-refractivity contribution in [3.8, 4) is 0 Å². The van der Waals surface area contributed by atoms with E-state index in [9.17, 15) is 13.5 Å². The molecule has 0 saturated heterocycles. The molecule has 1 heterocycles. The summed E-state index contributed by atoms with van der Waals surface area (Å²) < 4.78 is 28.4. The van der Waals surface area contributed by atoms with Gasteiger partial charge in [0.15, 0.2) is 0 Å². The third-order valence-electron chi connectivity index (χ3n) is 6.65. The smallest absolute Gasteiger partial charge is 0.268 e. The van der Waals surface area contributed by atoms with Gasteiger partial charge in [-0.15, -0.1) is 0 Å². The maximum atomic E-state index is 13.5. The molecular formula is C24H25NO3S. The molecule has 29 heavy (non-hydrogen) atoms. The highest BCUT2D eigenvalue weighted by atomic mass is 32.2. The van der Waals surface area contributed by atoms with Crippen molar-refractivity contribution < 1.29 is 13.5 Å². The van der Waals surface area contributed by atoms with Gasteiger partial charge < -0.3 is 5.11 Å². The number of fused-ring (bicyclic) bond motifs is 1. The molecule has 1 unspecified atom stereocenters. The van der Waals surface area contributed by atoms with Crippen molar-refractivity contribution in [2.45, 2.75) is 56.4 Å². The molecule has 0 aliphatic heterocycles. The molecule has 2 aliphatic carbocycles. The summed E-state index contributed by atoms with van der Waals surface area (Å²) in [4.78, 5) is 0.272. The molecule has 2 aliphatic rings. The highest BCUT2D eigenvalue weighted by Gasteiger charge is 2.40. The lowest BCUT2D eigenvalue weighted by Gasteiger charge is -2.40. The molecular weight excluding hydrogens is 382 g/mol. The van der Waals surface area contributed by atoms with Crippen molar-refractivity contribution in [2.75, 3.05) is 0 Å². The topological polar surface area (TPSA) is 59.3 Å². The van der Waals surface area contributed by atoms with E-state index in [2.05, 4.69) is 19.9 Å². The van der Waals surface area contributed by atoms with Gasteiger partial charge in [0.05, 0.1) is 16.5 Å². The third kappa shape index (κ3) is 2.50. The van der Waals surface area contributed by atoms with Crippen molar-refractivity contribution in [1.82, 2.24) is 3.97 Å². The predicted octanol–water partition coefficient (Wildman–Crippen LogP) is 4.78. The summed E-state index contributed by atoms with van der Waals surface area (Å²) in [6, 6.07) is 12.8. The first kappa shape index (κ1) is 18.6. The Kier molecular flexibility index (Phi) is 3.90. The predicted molar refractivity (Wildman–Crippen MR) is 116 cm³/mol. The van der Waals surface area contributed by atoms with Crippen LogP contribution in [0.2, 0.25) is 0 Å². The first-order valence-electron chi connectivity index (χ1n) is 10.1. The van der Waals surface area contributed by atoms with Crippen molar-refractivity contribution in [2.24, 2.45) is 0 Å². The molecule has 1 N–H and O–H groups in total. The summed E-state index contributed by atoms with van der Waals surface area (Å²) in [7, 11) is -3.74. The van der Waals surface area contributed by atoms with Gasteiger partial charge >= 0.3 is 0 Å². The zero-order valence-electron chi connectivity index (χ0n) is 16.9. The van der Waals surface area contributed by atoms with Crippen molar-refractivity contribution in [3.05, 3.63) is 70.9 Å². The minimum atomic E-state index is -3.74. The van der Waals surface area contributed by atoms with Crippen LogP contribution in [0.4, 0.5) is 0 Å². The van der Waals surface area contributed by atoms with Crippen LogP contribution < -0.4 is 0 Å². The second kappa shape index (κ2) is 6.07. The second-order valence-corrected chi connectivity index (χ2v) is 10.6. The fourth-order valence-corrected chi connectivity index (χ4v) is 6.47. The van der Waals surface area contributed by atoms with E-state index in [1.165, 1.54) is 9.55 Å². The van der Waals surface area contributed by atoms with Crippen LogP contribution >= 0.6 is 0 Å². The first-order chi connectivity index (χ1) is 13.7. The normalized spacial score (nSPS) is 20.8. The number of benzene rings is 2. The standard InChI is InChI=1S/C24H25NO3S/c1-15-10-12-16(13-11-15)29(27,28)25-14-17-22-18(6-4-8-20(22)25)24(2,3)19-7-5-9-21(26)23(17)19/h4,6,8,10-14,21,26H,5,7,9H2,1-3H3. The fourth-order valence-electron chi connectivity index (χ4n) is 5.11. The third-order valence-corrected chi connectivity index (χ3v) is 8.34. The summed E-state index contributed by atoms with van der Waals surface area (Å²) in [6.07, 6.45) is 3.78. The number of allylic oxidation sites excluding steroid dienone is 1. The molecule has 0 spiro atoms. The molecule has 0 fully saturated rings. The van der Waals surface area contributed by atoms with E-state index < -0.39 is 16.1 Å². The van der Waals surface area contributed by atoms with E-state index in [4.69, 9.17) is 0 Å². The molecule has 3 aromatic rings. The minimum absolute atomic E-state index is 0.233. The average molecular weight is 408 g/mol. The number of aliphatic hydroxyl groups excluding tert-OH is 1. The maximum absolute atomic E-state index is 13.5. The summed E-state index contributed by atoms with van der Waals surface area (Å²) in [6.45, 7) is 6.31. The van der Waals surface area contributed by atoms with Gasteiger partial charge in [-0.25, -0.2) is 12.4 Å². The lowest BCUT2D eigenvalue weighted by molar-refractivity contribution is 0.209. The largest absolute Gasteiger partial charge is 0.388 e. The summed E-state index contributed by atoms with van der Waals surface area (Å²) >= 11 is 0. The summed E-state index contributed by atoms with van der Waals surface area (Å²) in [5.74, 6) is 0. The second-order valence-electron chi connectivity index (χ2n) is 8.78. The van der Waals surface area contributed by atoms with Crippen LogP contribution in [0.15, 0.2) is 59.1 Å². The molecule has 0 saturated carbocycles. The van der Waals surface area contributed by atoms with Gasteiger partial charge in [-0.05, 0) is 55.5 Å². The molecule has 150 valence electrons. The molecule has 0 bridgehead atoms. The Morgan fingerprint density at radius 2 is 1.83 bits per heavy atom. The monoisotopic (exact) mass is 407 g/mol. The number of aromatic nitrogens is 1. The highest BCUT2D eigenvalue weighted by Crippen LogP contribution is 2.52. The zero-order valence-corrected chi connectivity index (χ0v) is 17.8. The van der Waals surface area contributed by atoms with E-state index in [1.807, 2.05) is 31.2 Å². The minimum Gasteiger partial charge on any atom is -0.388 e. The van der Waals surface area contributed by atoms with Crippen LogP contribution in [-0.4, -0.2) is 23.6 Å². The number of aryl methyl sites for hydroxylation is 1. The molecule has 1 atom stereocenters. The molecule has 5 heteroatoms. The van der Waals surface area contributed by atoms with Crippen LogP contribution in [-0.2, 0) is 15.4 Å². The molecule has 1 aromatic heterocycles. The zero-order chi connectivity index (χ0) is 20.6. The first-order valence-corrected chi connectivity index (χ1v) is 11.6. The van der Waals surface area contributed by atoms with Crippen LogP contribution in [0.5, 0.6) is 0 Å². The Hall–Kier alpha value is -2.37. The van der Waals surface area contributed by atoms with Gasteiger partial charge in [0.25, 0.3) is 10.0 Å². The summed E-state index contributed by atoms with van der Waals surface area (Å²) in [5.41, 5.74) is 5.64. The number of hydrogen-bond donors (Lipinski definition) is 1. The van der Waals surface area contributed by atoms with Gasteiger partial charge in [-0.3, -0.25) is 0 Å². The van der Waals surface area contributed by atoms with E-state index >= 15 is 0 Å². The lowest BCUT2D eigenvalue weighted by atomic mass is 9.65. The van der Waals surface area contributed by atoms with Gasteiger partial charge in [0.2, 0.25) is 0 Å². The average Bonchev–Trinajstić information content (AvgIpc) is 3.08. The Balaban J connectivity index is 1.85. The lowest BCUT2D eigenvalue weighted by Crippen LogP contribution is -2.30. The molecule has 5 rings (SSSR count).